The SMILES string of the molecule is CC(C1CCNC1)N1CC(O)C(O)C1. The first-order chi connectivity index (χ1) is 6.68. The molecule has 0 aliphatic carbocycles. The molecule has 14 heavy (non-hydrogen) atoms. The Kier molecular flexibility index (Phi) is 3.07. The molecule has 2 heterocycles. The standard InChI is InChI=1S/C10H20N2O2/c1-7(8-2-3-11-4-8)12-5-9(13)10(14)6-12/h7-11,13-14H,2-6H2,1H3. The summed E-state index contributed by atoms with van der Waals surface area (Å²) >= 11 is 0. The predicted octanol–water partition coefficient (Wildman–Crippen LogP) is -0.978. The fourth-order valence-electron chi connectivity index (χ4n) is 2.52. The zero-order valence-electron chi connectivity index (χ0n) is 8.69. The summed E-state index contributed by atoms with van der Waals surface area (Å²) in [5.41, 5.74) is 0. The van der Waals surface area contributed by atoms with Crippen LogP contribution < -0.4 is 5.32 Å². The number of nitrogens with one attached hydrogen (secondary N) is 1. The summed E-state index contributed by atoms with van der Waals surface area (Å²) in [6.45, 7) is 5.62. The number of nitrogens with zero attached hydrogens (tertiary/aromatic N) is 1. The number of β-amino-alcohol motifs (C(OH)–C–C–N with tert-alkyl or cyclic N) is 2. The van der Waals surface area contributed by atoms with E-state index in [9.17, 15) is 10.2 Å². The highest BCUT2D eigenvalue weighted by atomic mass is 16.3. The first-order valence-corrected chi connectivity index (χ1v) is 5.49. The molecular weight excluding hydrogens is 180 g/mol. The third kappa shape index (κ3) is 1.93. The number of aliphatic hydroxyl groups excluding tert-OH is 2. The molecule has 0 aromatic carbocycles. The van der Waals surface area contributed by atoms with E-state index in [-0.39, 0.29) is 0 Å². The summed E-state index contributed by atoms with van der Waals surface area (Å²) in [5.74, 6) is 0.674. The average molecular weight is 200 g/mol. The third-order valence-electron chi connectivity index (χ3n) is 3.64. The maximum absolute atomic E-state index is 9.45. The summed E-state index contributed by atoms with van der Waals surface area (Å²) in [5, 5.41) is 22.3. The van der Waals surface area contributed by atoms with E-state index in [2.05, 4.69) is 17.1 Å². The molecule has 2 fully saturated rings. The molecule has 3 N–H and O–H groups in total. The molecule has 4 nitrogen and oxygen atoms in total. The van der Waals surface area contributed by atoms with Gasteiger partial charge in [0, 0.05) is 19.1 Å². The van der Waals surface area contributed by atoms with E-state index in [1.807, 2.05) is 0 Å². The van der Waals surface area contributed by atoms with Gasteiger partial charge >= 0.3 is 0 Å². The van der Waals surface area contributed by atoms with E-state index in [0.29, 0.717) is 25.0 Å². The molecule has 0 radical (unpaired) electrons. The Morgan fingerprint density at radius 2 is 1.93 bits per heavy atom. The second kappa shape index (κ2) is 4.14. The minimum Gasteiger partial charge on any atom is -0.389 e. The zero-order chi connectivity index (χ0) is 10.1. The van der Waals surface area contributed by atoms with Gasteiger partial charge in [-0.25, -0.2) is 0 Å². The number of hydrogen-bond acceptors (Lipinski definition) is 4. The molecule has 0 bridgehead atoms. The molecule has 0 saturated carbocycles. The predicted molar refractivity (Wildman–Crippen MR) is 54.0 cm³/mol. The molecule has 4 unspecified atom stereocenters. The molecule has 0 spiro atoms. The van der Waals surface area contributed by atoms with Crippen molar-refractivity contribution >= 4 is 0 Å². The highest BCUT2D eigenvalue weighted by molar-refractivity contribution is 4.90. The Labute approximate surface area is 84.9 Å². The molecule has 4 atom stereocenters. The van der Waals surface area contributed by atoms with E-state index in [1.54, 1.807) is 0 Å². The Morgan fingerprint density at radius 3 is 2.43 bits per heavy atom. The summed E-state index contributed by atoms with van der Waals surface area (Å²) in [6.07, 6.45) is 0.114. The van der Waals surface area contributed by atoms with Crippen LogP contribution >= 0.6 is 0 Å². The normalized spacial score (nSPS) is 41.8. The van der Waals surface area contributed by atoms with Crippen LogP contribution in [0.1, 0.15) is 13.3 Å². The molecule has 82 valence electrons. The van der Waals surface area contributed by atoms with Crippen molar-refractivity contribution in [2.75, 3.05) is 26.2 Å². The minimum atomic E-state index is -0.549. The van der Waals surface area contributed by atoms with Crippen LogP contribution in [0.25, 0.3) is 0 Å². The van der Waals surface area contributed by atoms with Gasteiger partial charge in [-0.3, -0.25) is 4.90 Å². The van der Waals surface area contributed by atoms with Crippen LogP contribution in [-0.4, -0.2) is 59.5 Å². The molecular formula is C10H20N2O2. The molecule has 2 aliphatic heterocycles. The van der Waals surface area contributed by atoms with Gasteiger partial charge in [0.2, 0.25) is 0 Å². The smallest absolute Gasteiger partial charge is 0.0938 e. The number of hydrogen-bond donors (Lipinski definition) is 3. The summed E-state index contributed by atoms with van der Waals surface area (Å²) < 4.78 is 0. The molecule has 2 saturated heterocycles. The fourth-order valence-corrected chi connectivity index (χ4v) is 2.52. The largest absolute Gasteiger partial charge is 0.389 e. The Morgan fingerprint density at radius 1 is 1.29 bits per heavy atom. The molecule has 0 amide bonds. The molecule has 0 aromatic rings. The van der Waals surface area contributed by atoms with Gasteiger partial charge in [-0.15, -0.1) is 0 Å². The topological polar surface area (TPSA) is 55.7 Å². The van der Waals surface area contributed by atoms with Gasteiger partial charge in [0.05, 0.1) is 12.2 Å². The summed E-state index contributed by atoms with van der Waals surface area (Å²) in [4.78, 5) is 2.20. The quantitative estimate of drug-likeness (QED) is 0.536. The Balaban J connectivity index is 1.88. The van der Waals surface area contributed by atoms with Crippen molar-refractivity contribution in [1.29, 1.82) is 0 Å². The van der Waals surface area contributed by atoms with Gasteiger partial charge in [0.1, 0.15) is 0 Å². The summed E-state index contributed by atoms with van der Waals surface area (Å²) in [7, 11) is 0. The van der Waals surface area contributed by atoms with Crippen molar-refractivity contribution in [2.24, 2.45) is 5.92 Å². The molecule has 2 rings (SSSR count). The first kappa shape index (κ1) is 10.4. The lowest BCUT2D eigenvalue weighted by atomic mass is 9.99. The maximum Gasteiger partial charge on any atom is 0.0938 e. The van der Waals surface area contributed by atoms with Gasteiger partial charge in [0.15, 0.2) is 0 Å². The van der Waals surface area contributed by atoms with Gasteiger partial charge in [-0.05, 0) is 32.4 Å². The molecule has 2 aliphatic rings. The van der Waals surface area contributed by atoms with Crippen molar-refractivity contribution in [3.63, 3.8) is 0 Å². The lowest BCUT2D eigenvalue weighted by molar-refractivity contribution is 0.0572. The van der Waals surface area contributed by atoms with Crippen LogP contribution in [0, 0.1) is 5.92 Å². The lowest BCUT2D eigenvalue weighted by Crippen LogP contribution is -2.38. The van der Waals surface area contributed by atoms with Crippen LogP contribution in [0.3, 0.4) is 0 Å². The monoisotopic (exact) mass is 200 g/mol. The van der Waals surface area contributed by atoms with E-state index in [0.717, 1.165) is 13.1 Å². The third-order valence-corrected chi connectivity index (χ3v) is 3.64. The second-order valence-electron chi connectivity index (χ2n) is 4.58. The number of rotatable bonds is 2. The van der Waals surface area contributed by atoms with Crippen LogP contribution in [0.4, 0.5) is 0 Å². The van der Waals surface area contributed by atoms with E-state index < -0.39 is 12.2 Å². The molecule has 4 heteroatoms. The van der Waals surface area contributed by atoms with Crippen molar-refractivity contribution in [3.05, 3.63) is 0 Å². The van der Waals surface area contributed by atoms with E-state index in [1.165, 1.54) is 6.42 Å². The Bertz CT molecular complexity index is 185. The number of aliphatic hydroxyl groups is 2. The van der Waals surface area contributed by atoms with Crippen LogP contribution in [0.15, 0.2) is 0 Å². The minimum absolute atomic E-state index is 0.469. The Hall–Kier alpha value is -0.160. The van der Waals surface area contributed by atoms with Crippen LogP contribution in [-0.2, 0) is 0 Å². The second-order valence-corrected chi connectivity index (χ2v) is 4.58. The van der Waals surface area contributed by atoms with Gasteiger partial charge in [-0.1, -0.05) is 0 Å². The summed E-state index contributed by atoms with van der Waals surface area (Å²) in [6, 6.07) is 0.469. The van der Waals surface area contributed by atoms with Gasteiger partial charge < -0.3 is 15.5 Å². The lowest BCUT2D eigenvalue weighted by Gasteiger charge is -2.28. The highest BCUT2D eigenvalue weighted by Gasteiger charge is 2.35. The number of likely N-dealkylation sites (tertiary alicyclic amines) is 1. The average Bonchev–Trinajstić information content (AvgIpc) is 2.76. The van der Waals surface area contributed by atoms with Crippen molar-refractivity contribution in [1.82, 2.24) is 10.2 Å². The maximum atomic E-state index is 9.45. The van der Waals surface area contributed by atoms with E-state index in [4.69, 9.17) is 0 Å². The van der Waals surface area contributed by atoms with E-state index >= 15 is 0 Å². The highest BCUT2D eigenvalue weighted by Crippen LogP contribution is 2.22. The van der Waals surface area contributed by atoms with Gasteiger partial charge in [0.25, 0.3) is 0 Å². The van der Waals surface area contributed by atoms with Crippen molar-refractivity contribution in [3.8, 4) is 0 Å². The first-order valence-electron chi connectivity index (χ1n) is 5.49. The fraction of sp³-hybridized carbons (Fsp3) is 1.00. The van der Waals surface area contributed by atoms with Crippen LogP contribution in [0.5, 0.6) is 0 Å². The molecule has 0 aromatic heterocycles. The van der Waals surface area contributed by atoms with Crippen molar-refractivity contribution in [2.45, 2.75) is 31.6 Å². The van der Waals surface area contributed by atoms with Crippen molar-refractivity contribution < 1.29 is 10.2 Å². The van der Waals surface area contributed by atoms with Gasteiger partial charge in [-0.2, -0.15) is 0 Å². The zero-order valence-corrected chi connectivity index (χ0v) is 8.69. The van der Waals surface area contributed by atoms with Crippen LogP contribution in [0.2, 0.25) is 0 Å².